The number of hydrogen-bond donors (Lipinski definition) is 3. The van der Waals surface area contributed by atoms with Crippen molar-refractivity contribution in [2.75, 3.05) is 13.1 Å². The van der Waals surface area contributed by atoms with Crippen molar-refractivity contribution < 1.29 is 14.6 Å². The summed E-state index contributed by atoms with van der Waals surface area (Å²) in [5.74, 6) is -0.120. The summed E-state index contributed by atoms with van der Waals surface area (Å²) >= 11 is 0. The zero-order valence-corrected chi connectivity index (χ0v) is 10.3. The third kappa shape index (κ3) is 3.28. The number of rotatable bonds is 5. The van der Waals surface area contributed by atoms with Crippen LogP contribution in [-0.4, -0.2) is 29.4 Å². The summed E-state index contributed by atoms with van der Waals surface area (Å²) in [7, 11) is 0. The van der Waals surface area contributed by atoms with Gasteiger partial charge in [0.25, 0.3) is 0 Å². The molecule has 1 saturated carbocycles. The molecule has 18 heavy (non-hydrogen) atoms. The molecular formula is C14H20FNO2. The Morgan fingerprint density at radius 1 is 1.33 bits per heavy atom. The minimum atomic E-state index is -0.843. The van der Waals surface area contributed by atoms with Crippen molar-refractivity contribution in [2.45, 2.75) is 31.5 Å². The van der Waals surface area contributed by atoms with Crippen LogP contribution in [0.2, 0.25) is 0 Å². The highest BCUT2D eigenvalue weighted by molar-refractivity contribution is 5.19. The van der Waals surface area contributed by atoms with Gasteiger partial charge in [-0.15, -0.1) is 0 Å². The van der Waals surface area contributed by atoms with Gasteiger partial charge in [0.15, 0.2) is 0 Å². The highest BCUT2D eigenvalue weighted by atomic mass is 19.1. The number of aliphatic hydroxyl groups is 2. The molecule has 0 heterocycles. The molecule has 3 N–H and O–H groups in total. The van der Waals surface area contributed by atoms with E-state index in [1.807, 2.05) is 0 Å². The summed E-state index contributed by atoms with van der Waals surface area (Å²) in [4.78, 5) is 0. The molecule has 2 rings (SSSR count). The van der Waals surface area contributed by atoms with E-state index in [0.29, 0.717) is 18.7 Å². The van der Waals surface area contributed by atoms with Gasteiger partial charge in [-0.05, 0) is 24.8 Å². The predicted molar refractivity (Wildman–Crippen MR) is 67.6 cm³/mol. The van der Waals surface area contributed by atoms with Crippen molar-refractivity contribution in [1.29, 1.82) is 0 Å². The summed E-state index contributed by atoms with van der Waals surface area (Å²) in [6.07, 6.45) is 1.86. The first-order valence-corrected chi connectivity index (χ1v) is 6.49. The van der Waals surface area contributed by atoms with Gasteiger partial charge in [-0.1, -0.05) is 24.6 Å². The van der Waals surface area contributed by atoms with E-state index in [9.17, 15) is 14.6 Å². The van der Waals surface area contributed by atoms with E-state index in [2.05, 4.69) is 5.32 Å². The molecule has 1 aliphatic rings. The second kappa shape index (κ2) is 6.27. The lowest BCUT2D eigenvalue weighted by atomic mass is 10.1. The summed E-state index contributed by atoms with van der Waals surface area (Å²) in [6, 6.07) is 6.25. The van der Waals surface area contributed by atoms with Crippen molar-refractivity contribution in [3.8, 4) is 0 Å². The van der Waals surface area contributed by atoms with Crippen molar-refractivity contribution in [3.63, 3.8) is 0 Å². The van der Waals surface area contributed by atoms with Crippen LogP contribution in [0.15, 0.2) is 24.3 Å². The fourth-order valence-corrected chi connectivity index (χ4v) is 2.52. The molecule has 0 aromatic heterocycles. The molecule has 0 radical (unpaired) electrons. The molecule has 1 aliphatic carbocycles. The van der Waals surface area contributed by atoms with Gasteiger partial charge in [0, 0.05) is 18.7 Å². The fraction of sp³-hybridized carbons (Fsp3) is 0.571. The second-order valence-electron chi connectivity index (χ2n) is 4.95. The number of aliphatic hydroxyl groups excluding tert-OH is 2. The lowest BCUT2D eigenvalue weighted by molar-refractivity contribution is 0.124. The molecule has 0 saturated heterocycles. The molecule has 0 amide bonds. The van der Waals surface area contributed by atoms with E-state index < -0.39 is 6.10 Å². The minimum absolute atomic E-state index is 0.233. The second-order valence-corrected chi connectivity index (χ2v) is 4.95. The van der Waals surface area contributed by atoms with Gasteiger partial charge in [-0.2, -0.15) is 0 Å². The Hall–Kier alpha value is -0.970. The van der Waals surface area contributed by atoms with Gasteiger partial charge in [-0.25, -0.2) is 4.39 Å². The topological polar surface area (TPSA) is 52.5 Å². The Bertz CT molecular complexity index is 386. The minimum Gasteiger partial charge on any atom is -0.393 e. The van der Waals surface area contributed by atoms with Crippen LogP contribution in [0.5, 0.6) is 0 Å². The van der Waals surface area contributed by atoms with Crippen LogP contribution in [0.1, 0.15) is 30.9 Å². The molecular weight excluding hydrogens is 233 g/mol. The third-order valence-corrected chi connectivity index (χ3v) is 3.63. The normalized spacial score (nSPS) is 25.3. The number of benzene rings is 1. The lowest BCUT2D eigenvalue weighted by Gasteiger charge is -2.17. The van der Waals surface area contributed by atoms with E-state index >= 15 is 0 Å². The fourth-order valence-electron chi connectivity index (χ4n) is 2.52. The van der Waals surface area contributed by atoms with Crippen LogP contribution in [0.25, 0.3) is 0 Å². The molecule has 100 valence electrons. The maximum absolute atomic E-state index is 13.4. The monoisotopic (exact) mass is 253 g/mol. The molecule has 3 unspecified atom stereocenters. The van der Waals surface area contributed by atoms with E-state index in [1.165, 1.54) is 6.07 Å². The molecule has 0 aliphatic heterocycles. The Balaban J connectivity index is 1.78. The van der Waals surface area contributed by atoms with Crippen molar-refractivity contribution in [2.24, 2.45) is 5.92 Å². The largest absolute Gasteiger partial charge is 0.393 e. The molecule has 3 nitrogen and oxygen atoms in total. The summed E-state index contributed by atoms with van der Waals surface area (Å²) in [6.45, 7) is 0.983. The number of nitrogens with one attached hydrogen (secondary N) is 1. The molecule has 0 spiro atoms. The van der Waals surface area contributed by atoms with Gasteiger partial charge < -0.3 is 15.5 Å². The van der Waals surface area contributed by atoms with Crippen molar-refractivity contribution in [3.05, 3.63) is 35.6 Å². The average Bonchev–Trinajstić information content (AvgIpc) is 2.75. The number of hydrogen-bond acceptors (Lipinski definition) is 3. The quantitative estimate of drug-likeness (QED) is 0.747. The van der Waals surface area contributed by atoms with E-state index in [4.69, 9.17) is 0 Å². The van der Waals surface area contributed by atoms with Gasteiger partial charge >= 0.3 is 0 Å². The average molecular weight is 253 g/mol. The zero-order valence-electron chi connectivity index (χ0n) is 10.3. The molecule has 1 fully saturated rings. The molecule has 0 bridgehead atoms. The zero-order chi connectivity index (χ0) is 13.0. The molecule has 1 aromatic rings. The van der Waals surface area contributed by atoms with Crippen LogP contribution in [-0.2, 0) is 0 Å². The maximum Gasteiger partial charge on any atom is 0.129 e. The summed E-state index contributed by atoms with van der Waals surface area (Å²) < 4.78 is 13.4. The van der Waals surface area contributed by atoms with Crippen LogP contribution < -0.4 is 5.32 Å². The molecule has 1 aromatic carbocycles. The predicted octanol–water partition coefficient (Wildman–Crippen LogP) is 1.61. The Morgan fingerprint density at radius 3 is 2.78 bits per heavy atom. The van der Waals surface area contributed by atoms with Crippen LogP contribution >= 0.6 is 0 Å². The Kier molecular flexibility index (Phi) is 4.69. The SMILES string of the molecule is OC(CNCC1CCCC1O)c1ccccc1F. The smallest absolute Gasteiger partial charge is 0.129 e. The maximum atomic E-state index is 13.4. The van der Waals surface area contributed by atoms with Crippen molar-refractivity contribution >= 4 is 0 Å². The molecule has 3 atom stereocenters. The van der Waals surface area contributed by atoms with E-state index in [0.717, 1.165) is 19.3 Å². The summed E-state index contributed by atoms with van der Waals surface area (Å²) in [5.41, 5.74) is 0.317. The first-order chi connectivity index (χ1) is 8.68. The van der Waals surface area contributed by atoms with Crippen LogP contribution in [0.4, 0.5) is 4.39 Å². The lowest BCUT2D eigenvalue weighted by Crippen LogP contribution is -2.31. The Morgan fingerprint density at radius 2 is 2.11 bits per heavy atom. The third-order valence-electron chi connectivity index (χ3n) is 3.63. The first kappa shape index (κ1) is 13.5. The highest BCUT2D eigenvalue weighted by Gasteiger charge is 2.24. The first-order valence-electron chi connectivity index (χ1n) is 6.49. The van der Waals surface area contributed by atoms with Gasteiger partial charge in [0.05, 0.1) is 12.2 Å². The van der Waals surface area contributed by atoms with Crippen LogP contribution in [0.3, 0.4) is 0 Å². The van der Waals surface area contributed by atoms with Gasteiger partial charge in [0.2, 0.25) is 0 Å². The van der Waals surface area contributed by atoms with Crippen LogP contribution in [0, 0.1) is 11.7 Å². The molecule has 4 heteroatoms. The number of halogens is 1. The highest BCUT2D eigenvalue weighted by Crippen LogP contribution is 2.24. The Labute approximate surface area is 107 Å². The standard InChI is InChI=1S/C14H20FNO2/c15-12-6-2-1-5-11(12)14(18)9-16-8-10-4-3-7-13(10)17/h1-2,5-6,10,13-14,16-18H,3-4,7-9H2. The van der Waals surface area contributed by atoms with Crippen molar-refractivity contribution in [1.82, 2.24) is 5.32 Å². The summed E-state index contributed by atoms with van der Waals surface area (Å²) in [5, 5.41) is 22.6. The van der Waals surface area contributed by atoms with E-state index in [1.54, 1.807) is 18.2 Å². The van der Waals surface area contributed by atoms with Gasteiger partial charge in [-0.3, -0.25) is 0 Å². The van der Waals surface area contributed by atoms with Gasteiger partial charge in [0.1, 0.15) is 5.82 Å². The van der Waals surface area contributed by atoms with E-state index in [-0.39, 0.29) is 17.8 Å².